The molecule has 1 aliphatic rings. The van der Waals surface area contributed by atoms with Gasteiger partial charge in [-0.05, 0) is 41.0 Å². The number of alkyl halides is 2. The molecule has 0 saturated heterocycles. The standard InChI is InChI=1S/C20H16F3NO4S/c1-10(25)28-20-16(22)8-15-14(3-4-17(18(15)20)29(2,26)27)19(23)12-5-11(9-24)6-13(21)7-12/h3-7,16,19-20H,8H2,1-2H3/t16-,19-,20+/m0/s1. The molecule has 0 heterocycles. The molecule has 0 saturated carbocycles. The van der Waals surface area contributed by atoms with E-state index in [9.17, 15) is 22.0 Å². The van der Waals surface area contributed by atoms with Gasteiger partial charge in [0.25, 0.3) is 0 Å². The van der Waals surface area contributed by atoms with Crippen molar-refractivity contribution in [2.24, 2.45) is 0 Å². The zero-order valence-corrected chi connectivity index (χ0v) is 16.3. The second-order valence-electron chi connectivity index (χ2n) is 6.82. The van der Waals surface area contributed by atoms with Crippen molar-refractivity contribution in [2.45, 2.75) is 36.7 Å². The summed E-state index contributed by atoms with van der Waals surface area (Å²) in [5, 5.41) is 8.97. The van der Waals surface area contributed by atoms with Gasteiger partial charge in [0, 0.05) is 25.2 Å². The fraction of sp³-hybridized carbons (Fsp3) is 0.300. The third-order valence-electron chi connectivity index (χ3n) is 4.67. The molecule has 2 aromatic rings. The van der Waals surface area contributed by atoms with Gasteiger partial charge in [0.05, 0.1) is 16.5 Å². The maximum absolute atomic E-state index is 15.3. The Labute approximate surface area is 165 Å². The van der Waals surface area contributed by atoms with Gasteiger partial charge in [-0.3, -0.25) is 4.79 Å². The molecule has 3 atom stereocenters. The molecule has 5 nitrogen and oxygen atoms in total. The van der Waals surface area contributed by atoms with E-state index in [2.05, 4.69) is 0 Å². The molecule has 0 radical (unpaired) electrons. The lowest BCUT2D eigenvalue weighted by Gasteiger charge is -2.19. The Morgan fingerprint density at radius 2 is 2.00 bits per heavy atom. The Kier molecular flexibility index (Phi) is 5.41. The third kappa shape index (κ3) is 3.98. The van der Waals surface area contributed by atoms with Gasteiger partial charge in [-0.1, -0.05) is 6.07 Å². The molecule has 29 heavy (non-hydrogen) atoms. The molecule has 0 bridgehead atoms. The Morgan fingerprint density at radius 1 is 1.31 bits per heavy atom. The van der Waals surface area contributed by atoms with Gasteiger partial charge in [-0.2, -0.15) is 5.26 Å². The molecule has 3 rings (SSSR count). The Balaban J connectivity index is 2.21. The number of sulfone groups is 1. The number of carbonyl (C=O) groups is 1. The van der Waals surface area contributed by atoms with Crippen molar-refractivity contribution in [1.29, 1.82) is 5.26 Å². The fourth-order valence-electron chi connectivity index (χ4n) is 3.56. The maximum atomic E-state index is 15.3. The van der Waals surface area contributed by atoms with Crippen LogP contribution in [0.2, 0.25) is 0 Å². The predicted octanol–water partition coefficient (Wildman–Crippen LogP) is 3.66. The molecule has 0 aromatic heterocycles. The van der Waals surface area contributed by atoms with E-state index in [1.54, 1.807) is 6.07 Å². The van der Waals surface area contributed by atoms with Crippen LogP contribution < -0.4 is 0 Å². The van der Waals surface area contributed by atoms with Gasteiger partial charge < -0.3 is 4.74 Å². The first kappa shape index (κ1) is 20.9. The van der Waals surface area contributed by atoms with E-state index in [0.29, 0.717) is 0 Å². The van der Waals surface area contributed by atoms with Crippen molar-refractivity contribution < 1.29 is 31.1 Å². The summed E-state index contributed by atoms with van der Waals surface area (Å²) in [4.78, 5) is 11.1. The zero-order chi connectivity index (χ0) is 21.5. The van der Waals surface area contributed by atoms with Crippen LogP contribution in [-0.4, -0.2) is 26.8 Å². The lowest BCUT2D eigenvalue weighted by molar-refractivity contribution is -0.149. The number of halogens is 3. The van der Waals surface area contributed by atoms with E-state index >= 15 is 4.39 Å². The number of esters is 1. The van der Waals surface area contributed by atoms with E-state index in [4.69, 9.17) is 10.00 Å². The van der Waals surface area contributed by atoms with Crippen molar-refractivity contribution in [2.75, 3.05) is 6.26 Å². The number of fused-ring (bicyclic) bond motifs is 1. The average molecular weight is 423 g/mol. The Hall–Kier alpha value is -2.86. The van der Waals surface area contributed by atoms with Crippen LogP contribution in [0.25, 0.3) is 0 Å². The number of hydrogen-bond donors (Lipinski definition) is 0. The van der Waals surface area contributed by atoms with Crippen LogP contribution in [-0.2, 0) is 25.8 Å². The van der Waals surface area contributed by atoms with Crippen molar-refractivity contribution in [3.63, 3.8) is 0 Å². The van der Waals surface area contributed by atoms with Crippen LogP contribution in [0.1, 0.15) is 47.0 Å². The molecule has 0 aliphatic heterocycles. The van der Waals surface area contributed by atoms with E-state index in [1.165, 1.54) is 6.07 Å². The Morgan fingerprint density at radius 3 is 2.59 bits per heavy atom. The van der Waals surface area contributed by atoms with Gasteiger partial charge in [0.2, 0.25) is 0 Å². The first-order valence-corrected chi connectivity index (χ1v) is 10.4. The highest BCUT2D eigenvalue weighted by molar-refractivity contribution is 7.90. The highest BCUT2D eigenvalue weighted by atomic mass is 32.2. The minimum atomic E-state index is -3.83. The number of carbonyl (C=O) groups excluding carboxylic acids is 1. The minimum absolute atomic E-state index is 0.0574. The molecule has 9 heteroatoms. The van der Waals surface area contributed by atoms with Crippen molar-refractivity contribution in [3.8, 4) is 6.07 Å². The van der Waals surface area contributed by atoms with Gasteiger partial charge in [0.1, 0.15) is 12.0 Å². The number of nitrogens with zero attached hydrogens (tertiary/aromatic N) is 1. The van der Waals surface area contributed by atoms with Crippen LogP contribution in [0.3, 0.4) is 0 Å². The van der Waals surface area contributed by atoms with Crippen molar-refractivity contribution in [3.05, 3.63) is 64.0 Å². The van der Waals surface area contributed by atoms with E-state index < -0.39 is 40.1 Å². The predicted molar refractivity (Wildman–Crippen MR) is 96.7 cm³/mol. The van der Waals surface area contributed by atoms with E-state index in [0.717, 1.165) is 37.4 Å². The van der Waals surface area contributed by atoms with Crippen LogP contribution >= 0.6 is 0 Å². The summed E-state index contributed by atoms with van der Waals surface area (Å²) in [6.45, 7) is 1.06. The SMILES string of the molecule is CC(=O)O[C@H]1c2c(S(C)(=O)=O)ccc([C@@H](F)c3cc(F)cc(C#N)c3)c2C[C@@H]1F. The number of benzene rings is 2. The molecule has 0 N–H and O–H groups in total. The largest absolute Gasteiger partial charge is 0.454 e. The second-order valence-corrected chi connectivity index (χ2v) is 8.80. The number of rotatable bonds is 4. The number of hydrogen-bond acceptors (Lipinski definition) is 5. The topological polar surface area (TPSA) is 84.2 Å². The molecule has 0 fully saturated rings. The monoisotopic (exact) mass is 423 g/mol. The normalized spacial score (nSPS) is 19.3. The Bertz CT molecular complexity index is 1140. The average Bonchev–Trinajstić information content (AvgIpc) is 2.94. The molecular formula is C20H16F3NO4S. The summed E-state index contributed by atoms with van der Waals surface area (Å²) in [5.74, 6) is -1.62. The van der Waals surface area contributed by atoms with Crippen molar-refractivity contribution >= 4 is 15.8 Å². The first-order valence-electron chi connectivity index (χ1n) is 8.54. The molecular weight excluding hydrogens is 407 g/mol. The lowest BCUT2D eigenvalue weighted by Crippen LogP contribution is -2.17. The molecule has 0 spiro atoms. The molecule has 1 aliphatic carbocycles. The highest BCUT2D eigenvalue weighted by Crippen LogP contribution is 2.45. The minimum Gasteiger partial charge on any atom is -0.454 e. The van der Waals surface area contributed by atoms with Crippen molar-refractivity contribution in [1.82, 2.24) is 0 Å². The quantitative estimate of drug-likeness (QED) is 0.701. The summed E-state index contributed by atoms with van der Waals surface area (Å²) >= 11 is 0. The summed E-state index contributed by atoms with van der Waals surface area (Å²) in [5.41, 5.74) is -0.371. The third-order valence-corrected chi connectivity index (χ3v) is 5.83. The van der Waals surface area contributed by atoms with Gasteiger partial charge >= 0.3 is 5.97 Å². The lowest BCUT2D eigenvalue weighted by atomic mass is 9.94. The number of ether oxygens (including phenoxy) is 1. The van der Waals surface area contributed by atoms with Gasteiger partial charge in [-0.15, -0.1) is 0 Å². The molecule has 0 amide bonds. The summed E-state index contributed by atoms with van der Waals surface area (Å²) < 4.78 is 73.0. The maximum Gasteiger partial charge on any atom is 0.303 e. The van der Waals surface area contributed by atoms with Crippen LogP contribution in [0.15, 0.2) is 35.2 Å². The molecule has 0 unspecified atom stereocenters. The van der Waals surface area contributed by atoms with Gasteiger partial charge in [0.15, 0.2) is 22.1 Å². The smallest absolute Gasteiger partial charge is 0.303 e. The van der Waals surface area contributed by atoms with Crippen LogP contribution in [0, 0.1) is 17.1 Å². The second kappa shape index (κ2) is 7.52. The van der Waals surface area contributed by atoms with E-state index in [1.807, 2.05) is 0 Å². The van der Waals surface area contributed by atoms with Crippen LogP contribution in [0.5, 0.6) is 0 Å². The van der Waals surface area contributed by atoms with E-state index in [-0.39, 0.29) is 39.1 Å². The molecule has 152 valence electrons. The molecule has 2 aromatic carbocycles. The van der Waals surface area contributed by atoms with Gasteiger partial charge in [-0.25, -0.2) is 21.6 Å². The highest BCUT2D eigenvalue weighted by Gasteiger charge is 2.41. The summed E-state index contributed by atoms with van der Waals surface area (Å²) in [6.07, 6.45) is -4.64. The first-order chi connectivity index (χ1) is 13.5. The summed E-state index contributed by atoms with van der Waals surface area (Å²) in [7, 11) is -3.83. The summed E-state index contributed by atoms with van der Waals surface area (Å²) in [6, 6.07) is 7.06. The zero-order valence-electron chi connectivity index (χ0n) is 15.4. The van der Waals surface area contributed by atoms with Crippen LogP contribution in [0.4, 0.5) is 13.2 Å². The number of nitriles is 1. The fourth-order valence-corrected chi connectivity index (χ4v) is 4.51.